The van der Waals surface area contributed by atoms with Gasteiger partial charge in [0.25, 0.3) is 5.91 Å². The Labute approximate surface area is 205 Å². The van der Waals surface area contributed by atoms with Crippen molar-refractivity contribution in [3.05, 3.63) is 107 Å². The van der Waals surface area contributed by atoms with Crippen molar-refractivity contribution in [3.8, 4) is 11.5 Å². The van der Waals surface area contributed by atoms with E-state index in [1.165, 1.54) is 4.90 Å². The van der Waals surface area contributed by atoms with E-state index < -0.39 is 0 Å². The Morgan fingerprint density at radius 1 is 1.03 bits per heavy atom. The smallest absolute Gasteiger partial charge is 0.281 e. The van der Waals surface area contributed by atoms with Crippen LogP contribution >= 0.6 is 12.2 Å². The van der Waals surface area contributed by atoms with Gasteiger partial charge in [0.1, 0.15) is 23.8 Å². The highest BCUT2D eigenvalue weighted by atomic mass is 32.1. The molecule has 0 unspecified atom stereocenters. The third-order valence-electron chi connectivity index (χ3n) is 5.57. The molecule has 0 bridgehead atoms. The quantitative estimate of drug-likeness (QED) is 0.265. The molecule has 1 fully saturated rings. The molecular weight excluding hydrogens is 444 g/mol. The molecule has 0 spiro atoms. The van der Waals surface area contributed by atoms with Crippen LogP contribution in [0, 0.1) is 6.92 Å². The summed E-state index contributed by atoms with van der Waals surface area (Å²) in [5.41, 5.74) is 4.94. The van der Waals surface area contributed by atoms with Gasteiger partial charge in [0.05, 0.1) is 12.8 Å². The number of carbonyl (C=O) groups is 1. The summed E-state index contributed by atoms with van der Waals surface area (Å²) in [7, 11) is 1.63. The molecule has 0 aliphatic carbocycles. The molecule has 34 heavy (non-hydrogen) atoms. The number of hydrogen-bond donors (Lipinski definition) is 1. The summed E-state index contributed by atoms with van der Waals surface area (Å²) >= 11 is 5.45. The average Bonchev–Trinajstić information content (AvgIpc) is 3.11. The summed E-state index contributed by atoms with van der Waals surface area (Å²) in [6, 6.07) is 21.3. The summed E-state index contributed by atoms with van der Waals surface area (Å²) in [6.07, 6.45) is 4.37. The molecule has 5 nitrogen and oxygen atoms in total. The molecule has 1 amide bonds. The van der Waals surface area contributed by atoms with E-state index in [1.807, 2.05) is 79.7 Å². The van der Waals surface area contributed by atoms with E-state index in [9.17, 15) is 4.79 Å². The number of carbonyl (C=O) groups excluding carboxylic acids is 1. The van der Waals surface area contributed by atoms with E-state index >= 15 is 0 Å². The summed E-state index contributed by atoms with van der Waals surface area (Å²) < 4.78 is 11.6. The fourth-order valence-corrected chi connectivity index (χ4v) is 4.15. The predicted molar refractivity (Wildman–Crippen MR) is 140 cm³/mol. The molecule has 0 saturated carbocycles. The first-order valence-electron chi connectivity index (χ1n) is 10.9. The monoisotopic (exact) mass is 470 g/mol. The van der Waals surface area contributed by atoms with Gasteiger partial charge in [-0.05, 0) is 72.6 Å². The second kappa shape index (κ2) is 10.4. The second-order valence-corrected chi connectivity index (χ2v) is 8.26. The van der Waals surface area contributed by atoms with Gasteiger partial charge in [-0.15, -0.1) is 6.58 Å². The Bertz CT molecular complexity index is 1280. The molecule has 172 valence electrons. The van der Waals surface area contributed by atoms with Gasteiger partial charge in [0, 0.05) is 5.56 Å². The van der Waals surface area contributed by atoms with E-state index in [-0.39, 0.29) is 5.91 Å². The third-order valence-corrected chi connectivity index (χ3v) is 5.85. The van der Waals surface area contributed by atoms with Gasteiger partial charge >= 0.3 is 0 Å². The first-order valence-corrected chi connectivity index (χ1v) is 11.3. The van der Waals surface area contributed by atoms with Crippen LogP contribution in [-0.2, 0) is 17.8 Å². The van der Waals surface area contributed by atoms with E-state index in [2.05, 4.69) is 11.9 Å². The zero-order chi connectivity index (χ0) is 24.1. The van der Waals surface area contributed by atoms with Gasteiger partial charge in [0.15, 0.2) is 5.11 Å². The van der Waals surface area contributed by atoms with Crippen LogP contribution in [0.5, 0.6) is 11.5 Å². The Kier molecular flexibility index (Phi) is 7.09. The van der Waals surface area contributed by atoms with Crippen LogP contribution in [0.25, 0.3) is 6.08 Å². The zero-order valence-electron chi connectivity index (χ0n) is 19.2. The number of anilines is 1. The number of hydrogen-bond acceptors (Lipinski definition) is 4. The van der Waals surface area contributed by atoms with Crippen molar-refractivity contribution in [2.45, 2.75) is 20.0 Å². The van der Waals surface area contributed by atoms with Crippen LogP contribution in [0.1, 0.15) is 22.3 Å². The van der Waals surface area contributed by atoms with E-state index in [0.29, 0.717) is 23.2 Å². The lowest BCUT2D eigenvalue weighted by atomic mass is 10.1. The number of para-hydroxylation sites is 2. The summed E-state index contributed by atoms with van der Waals surface area (Å²) in [5.74, 6) is 1.33. The molecule has 1 saturated heterocycles. The third kappa shape index (κ3) is 4.87. The predicted octanol–water partition coefficient (Wildman–Crippen LogP) is 5.57. The number of methoxy groups -OCH3 is 1. The van der Waals surface area contributed by atoms with Gasteiger partial charge < -0.3 is 14.8 Å². The van der Waals surface area contributed by atoms with Gasteiger partial charge in [-0.25, -0.2) is 0 Å². The summed E-state index contributed by atoms with van der Waals surface area (Å²) in [6.45, 7) is 6.09. The highest BCUT2D eigenvalue weighted by Crippen LogP contribution is 2.28. The van der Waals surface area contributed by atoms with Crippen LogP contribution in [0.4, 0.5) is 5.69 Å². The van der Waals surface area contributed by atoms with Crippen LogP contribution in [0.3, 0.4) is 0 Å². The number of amides is 1. The molecule has 1 aliphatic heterocycles. The van der Waals surface area contributed by atoms with Crippen molar-refractivity contribution in [1.29, 1.82) is 0 Å². The maximum Gasteiger partial charge on any atom is 0.281 e. The number of thiocarbonyl (C=S) groups is 1. The molecule has 0 atom stereocenters. The molecule has 0 aromatic heterocycles. The number of nitrogens with zero attached hydrogens (tertiary/aromatic N) is 1. The van der Waals surface area contributed by atoms with E-state index in [4.69, 9.17) is 21.7 Å². The zero-order valence-corrected chi connectivity index (χ0v) is 20.0. The van der Waals surface area contributed by atoms with Crippen molar-refractivity contribution >= 4 is 35.0 Å². The van der Waals surface area contributed by atoms with Crippen molar-refractivity contribution in [1.82, 2.24) is 5.32 Å². The van der Waals surface area contributed by atoms with Gasteiger partial charge in [-0.2, -0.15) is 0 Å². The fourth-order valence-electron chi connectivity index (χ4n) is 3.86. The van der Waals surface area contributed by atoms with Crippen molar-refractivity contribution in [2.75, 3.05) is 12.0 Å². The Balaban J connectivity index is 1.58. The Morgan fingerprint density at radius 3 is 2.56 bits per heavy atom. The average molecular weight is 471 g/mol. The van der Waals surface area contributed by atoms with Gasteiger partial charge in [-0.1, -0.05) is 48.5 Å². The summed E-state index contributed by atoms with van der Waals surface area (Å²) in [5, 5.41) is 3.41. The normalized spacial score (nSPS) is 14.3. The lowest BCUT2D eigenvalue weighted by molar-refractivity contribution is -0.113. The number of ether oxygens (including phenoxy) is 2. The van der Waals surface area contributed by atoms with Crippen LogP contribution < -0.4 is 19.7 Å². The van der Waals surface area contributed by atoms with Crippen LogP contribution in [0.2, 0.25) is 0 Å². The SMILES string of the molecule is C=CCc1ccccc1OCc1cc(/C=C2/NC(=S)N(c3ccccc3C)C2=O)ccc1OC. The highest BCUT2D eigenvalue weighted by molar-refractivity contribution is 7.80. The van der Waals surface area contributed by atoms with Crippen molar-refractivity contribution in [2.24, 2.45) is 0 Å². The lowest BCUT2D eigenvalue weighted by Gasteiger charge is -2.16. The molecule has 6 heteroatoms. The van der Waals surface area contributed by atoms with Crippen LogP contribution in [0.15, 0.2) is 85.1 Å². The number of benzene rings is 3. The van der Waals surface area contributed by atoms with E-state index in [0.717, 1.165) is 40.1 Å². The molecule has 1 aliphatic rings. The topological polar surface area (TPSA) is 50.8 Å². The Hall–Kier alpha value is -3.90. The second-order valence-electron chi connectivity index (χ2n) is 7.88. The number of aryl methyl sites for hydroxylation is 1. The van der Waals surface area contributed by atoms with Gasteiger partial charge in [0.2, 0.25) is 0 Å². The number of allylic oxidation sites excluding steroid dienone is 1. The first kappa shape index (κ1) is 23.3. The lowest BCUT2D eigenvalue weighted by Crippen LogP contribution is -2.30. The minimum atomic E-state index is -0.189. The molecule has 3 aromatic rings. The minimum Gasteiger partial charge on any atom is -0.496 e. The van der Waals surface area contributed by atoms with Gasteiger partial charge in [-0.3, -0.25) is 9.69 Å². The largest absolute Gasteiger partial charge is 0.496 e. The minimum absolute atomic E-state index is 0.189. The van der Waals surface area contributed by atoms with E-state index in [1.54, 1.807) is 13.2 Å². The molecule has 4 rings (SSSR count). The standard InChI is InChI=1S/C28H26N2O3S/c1-4-9-21-11-6-8-13-26(21)33-18-22-16-20(14-15-25(22)32-3)17-23-27(31)30(28(34)29-23)24-12-7-5-10-19(24)2/h4-8,10-17H,1,9,18H2,2-3H3,(H,29,34)/b23-17+. The number of nitrogens with one attached hydrogen (secondary N) is 1. The Morgan fingerprint density at radius 2 is 1.79 bits per heavy atom. The van der Waals surface area contributed by atoms with Crippen molar-refractivity contribution < 1.29 is 14.3 Å². The molecule has 0 radical (unpaired) electrons. The molecular formula is C28H26N2O3S. The molecule has 1 N–H and O–H groups in total. The summed E-state index contributed by atoms with van der Waals surface area (Å²) in [4.78, 5) is 14.7. The number of rotatable bonds is 8. The maximum absolute atomic E-state index is 13.1. The van der Waals surface area contributed by atoms with Crippen molar-refractivity contribution in [3.63, 3.8) is 0 Å². The molecule has 1 heterocycles. The fraction of sp³-hybridized carbons (Fsp3) is 0.143. The molecule has 3 aromatic carbocycles. The maximum atomic E-state index is 13.1. The van der Waals surface area contributed by atoms with Crippen LogP contribution in [-0.4, -0.2) is 18.1 Å². The first-order chi connectivity index (χ1) is 16.5. The highest BCUT2D eigenvalue weighted by Gasteiger charge is 2.32.